The standard InChI is InChI=1S/C24H15FN2O2S2/c25-19-6-3-7-20(13-19)27-23(28)22(31-24(27)30)12-16-8-10-21(11-9-16)29-15-18-5-2-1-4-17(18)14-26/h1-13H,15H2/b22-12+. The Morgan fingerprint density at radius 1 is 1.10 bits per heavy atom. The van der Waals surface area contributed by atoms with E-state index in [0.717, 1.165) is 11.1 Å². The highest BCUT2D eigenvalue weighted by atomic mass is 32.2. The monoisotopic (exact) mass is 446 g/mol. The number of benzene rings is 3. The molecule has 3 aromatic rings. The third-order valence-corrected chi connectivity index (χ3v) is 5.87. The third-order valence-electron chi connectivity index (χ3n) is 4.57. The summed E-state index contributed by atoms with van der Waals surface area (Å²) in [6, 6.07) is 22.5. The molecule has 1 aliphatic heterocycles. The van der Waals surface area contributed by atoms with Crippen molar-refractivity contribution in [3.63, 3.8) is 0 Å². The molecule has 4 nitrogen and oxygen atoms in total. The summed E-state index contributed by atoms with van der Waals surface area (Å²) in [6.45, 7) is 0.287. The second-order valence-corrected chi connectivity index (χ2v) is 8.30. The van der Waals surface area contributed by atoms with Crippen LogP contribution in [-0.2, 0) is 11.4 Å². The van der Waals surface area contributed by atoms with Gasteiger partial charge in [-0.1, -0.05) is 60.4 Å². The zero-order valence-corrected chi connectivity index (χ0v) is 17.8. The largest absolute Gasteiger partial charge is 0.489 e. The number of thioether (sulfide) groups is 1. The molecule has 0 N–H and O–H groups in total. The van der Waals surface area contributed by atoms with Gasteiger partial charge in [-0.25, -0.2) is 4.39 Å². The first-order valence-corrected chi connectivity index (χ1v) is 10.5. The number of nitriles is 1. The minimum absolute atomic E-state index is 0.283. The molecule has 0 aliphatic carbocycles. The summed E-state index contributed by atoms with van der Waals surface area (Å²) in [6.07, 6.45) is 1.74. The number of nitrogens with zero attached hydrogens (tertiary/aromatic N) is 2. The summed E-state index contributed by atoms with van der Waals surface area (Å²) in [5.74, 6) is -0.0604. The average molecular weight is 447 g/mol. The van der Waals surface area contributed by atoms with Crippen LogP contribution < -0.4 is 9.64 Å². The molecule has 152 valence electrons. The average Bonchev–Trinajstić information content (AvgIpc) is 3.06. The first kappa shape index (κ1) is 20.8. The van der Waals surface area contributed by atoms with Crippen LogP contribution in [0.2, 0.25) is 0 Å². The minimum Gasteiger partial charge on any atom is -0.489 e. The fourth-order valence-electron chi connectivity index (χ4n) is 3.03. The number of hydrogen-bond donors (Lipinski definition) is 0. The van der Waals surface area contributed by atoms with Crippen molar-refractivity contribution in [3.8, 4) is 11.8 Å². The Hall–Kier alpha value is -3.47. The van der Waals surface area contributed by atoms with Crippen LogP contribution in [0.15, 0.2) is 77.7 Å². The molecule has 0 aromatic heterocycles. The number of amides is 1. The van der Waals surface area contributed by atoms with Crippen LogP contribution in [0.25, 0.3) is 6.08 Å². The van der Waals surface area contributed by atoms with Crippen molar-refractivity contribution in [2.24, 2.45) is 0 Å². The van der Waals surface area contributed by atoms with E-state index >= 15 is 0 Å². The van der Waals surface area contributed by atoms with Crippen molar-refractivity contribution >= 4 is 46.0 Å². The van der Waals surface area contributed by atoms with Crippen molar-refractivity contribution in [3.05, 3.63) is 100 Å². The molecule has 7 heteroatoms. The van der Waals surface area contributed by atoms with Gasteiger partial charge in [0, 0.05) is 5.56 Å². The second kappa shape index (κ2) is 9.13. The predicted molar refractivity (Wildman–Crippen MR) is 124 cm³/mol. The fraction of sp³-hybridized carbons (Fsp3) is 0.0417. The maximum atomic E-state index is 13.5. The number of halogens is 1. The number of rotatable bonds is 5. The summed E-state index contributed by atoms with van der Waals surface area (Å²) in [7, 11) is 0. The van der Waals surface area contributed by atoms with Crippen LogP contribution in [0.5, 0.6) is 5.75 Å². The van der Waals surface area contributed by atoms with E-state index in [2.05, 4.69) is 6.07 Å². The molecule has 4 rings (SSSR count). The highest BCUT2D eigenvalue weighted by Gasteiger charge is 2.33. The summed E-state index contributed by atoms with van der Waals surface area (Å²) in [5, 5.41) is 9.16. The Balaban J connectivity index is 1.46. The van der Waals surface area contributed by atoms with Crippen molar-refractivity contribution in [2.45, 2.75) is 6.61 Å². The van der Waals surface area contributed by atoms with Crippen LogP contribution in [0.1, 0.15) is 16.7 Å². The number of thiocarbonyl (C=S) groups is 1. The maximum Gasteiger partial charge on any atom is 0.270 e. The lowest BCUT2D eigenvalue weighted by Gasteiger charge is -2.14. The van der Waals surface area contributed by atoms with E-state index in [9.17, 15) is 9.18 Å². The third kappa shape index (κ3) is 4.66. The topological polar surface area (TPSA) is 53.3 Å². The molecule has 1 saturated heterocycles. The van der Waals surface area contributed by atoms with Crippen LogP contribution in [0, 0.1) is 17.1 Å². The molecule has 1 heterocycles. The zero-order chi connectivity index (χ0) is 21.8. The molecule has 1 amide bonds. The lowest BCUT2D eigenvalue weighted by molar-refractivity contribution is -0.113. The maximum absolute atomic E-state index is 13.5. The number of anilines is 1. The fourth-order valence-corrected chi connectivity index (χ4v) is 4.33. The Labute approximate surface area is 188 Å². The second-order valence-electron chi connectivity index (χ2n) is 6.62. The van der Waals surface area contributed by atoms with E-state index in [0.29, 0.717) is 26.2 Å². The quantitative estimate of drug-likeness (QED) is 0.373. The molecule has 0 unspecified atom stereocenters. The predicted octanol–water partition coefficient (Wildman–Crippen LogP) is 5.68. The molecule has 0 atom stereocenters. The van der Waals surface area contributed by atoms with Gasteiger partial charge in [-0.2, -0.15) is 5.26 Å². The van der Waals surface area contributed by atoms with Crippen molar-refractivity contribution in [1.29, 1.82) is 5.26 Å². The van der Waals surface area contributed by atoms with Crippen LogP contribution >= 0.6 is 24.0 Å². The lowest BCUT2D eigenvalue weighted by atomic mass is 10.1. The van der Waals surface area contributed by atoms with Gasteiger partial charge in [-0.05, 0) is 48.0 Å². The van der Waals surface area contributed by atoms with E-state index in [-0.39, 0.29) is 12.5 Å². The first-order valence-electron chi connectivity index (χ1n) is 9.29. The molecule has 1 aliphatic rings. The van der Waals surface area contributed by atoms with Crippen LogP contribution in [0.3, 0.4) is 0 Å². The van der Waals surface area contributed by atoms with Crippen molar-refractivity contribution in [1.82, 2.24) is 0 Å². The smallest absolute Gasteiger partial charge is 0.270 e. The highest BCUT2D eigenvalue weighted by Crippen LogP contribution is 2.36. The van der Waals surface area contributed by atoms with Gasteiger partial charge in [-0.15, -0.1) is 0 Å². The number of ether oxygens (including phenoxy) is 1. The Bertz CT molecular complexity index is 1230. The van der Waals surface area contributed by atoms with E-state index in [1.807, 2.05) is 30.3 Å². The normalized spacial score (nSPS) is 14.7. The minimum atomic E-state index is -0.427. The Kier molecular flexibility index (Phi) is 6.12. The number of carbonyl (C=O) groups excluding carboxylic acids is 1. The Morgan fingerprint density at radius 3 is 2.61 bits per heavy atom. The van der Waals surface area contributed by atoms with Crippen LogP contribution in [0.4, 0.5) is 10.1 Å². The van der Waals surface area contributed by atoms with E-state index in [1.165, 1.54) is 28.8 Å². The SMILES string of the molecule is N#Cc1ccccc1COc1ccc(/C=C2/SC(=S)N(c3cccc(F)c3)C2=O)cc1. The zero-order valence-electron chi connectivity index (χ0n) is 16.1. The van der Waals surface area contributed by atoms with Gasteiger partial charge in [0.15, 0.2) is 4.32 Å². The van der Waals surface area contributed by atoms with E-state index in [1.54, 1.807) is 36.4 Å². The molecule has 3 aromatic carbocycles. The first-order chi connectivity index (χ1) is 15.0. The molecule has 0 saturated carbocycles. The molecule has 0 radical (unpaired) electrons. The summed E-state index contributed by atoms with van der Waals surface area (Å²) in [4.78, 5) is 14.6. The van der Waals surface area contributed by atoms with Gasteiger partial charge in [0.2, 0.25) is 0 Å². The van der Waals surface area contributed by atoms with E-state index < -0.39 is 5.82 Å². The summed E-state index contributed by atoms with van der Waals surface area (Å²) < 4.78 is 19.7. The Morgan fingerprint density at radius 2 is 1.87 bits per heavy atom. The molecule has 0 bridgehead atoms. The number of hydrogen-bond acceptors (Lipinski definition) is 5. The molecule has 1 fully saturated rings. The highest BCUT2D eigenvalue weighted by molar-refractivity contribution is 8.27. The number of carbonyl (C=O) groups is 1. The van der Waals surface area contributed by atoms with Crippen LogP contribution in [-0.4, -0.2) is 10.2 Å². The molecular formula is C24H15FN2O2S2. The van der Waals surface area contributed by atoms with Gasteiger partial charge in [0.25, 0.3) is 5.91 Å². The summed E-state index contributed by atoms with van der Waals surface area (Å²) in [5.41, 5.74) is 2.62. The van der Waals surface area contributed by atoms with Gasteiger partial charge in [0.1, 0.15) is 18.2 Å². The van der Waals surface area contributed by atoms with Gasteiger partial charge in [-0.3, -0.25) is 9.69 Å². The van der Waals surface area contributed by atoms with Gasteiger partial charge >= 0.3 is 0 Å². The van der Waals surface area contributed by atoms with E-state index in [4.69, 9.17) is 22.2 Å². The molecule has 0 spiro atoms. The van der Waals surface area contributed by atoms with Gasteiger partial charge in [0.05, 0.1) is 22.2 Å². The molecule has 31 heavy (non-hydrogen) atoms. The van der Waals surface area contributed by atoms with Crippen molar-refractivity contribution < 1.29 is 13.9 Å². The summed E-state index contributed by atoms with van der Waals surface area (Å²) >= 11 is 6.50. The molecular weight excluding hydrogens is 431 g/mol. The van der Waals surface area contributed by atoms with Crippen molar-refractivity contribution in [2.75, 3.05) is 4.90 Å². The lowest BCUT2D eigenvalue weighted by Crippen LogP contribution is -2.27. The van der Waals surface area contributed by atoms with Gasteiger partial charge < -0.3 is 4.74 Å².